The minimum absolute atomic E-state index is 0.0684. The molecule has 8 rings (SSSR count). The molecule has 8 fully saturated rings. The van der Waals surface area contributed by atoms with Crippen LogP contribution >= 0.6 is 18.0 Å². The number of nitrogens with one attached hydrogen (secondary N) is 1. The van der Waals surface area contributed by atoms with Crippen molar-refractivity contribution >= 4 is 30.5 Å². The second kappa shape index (κ2) is 204. The lowest BCUT2D eigenvalue weighted by molar-refractivity contribution is -0.127. The van der Waals surface area contributed by atoms with Gasteiger partial charge in [0.2, 0.25) is 0 Å². The molecular formula is C123H290N4O9P2. The number of unbranched alkanes of at least 4 members (excludes halogenated alkanes) is 4. The van der Waals surface area contributed by atoms with E-state index in [1.807, 2.05) is 351 Å². The second-order valence-corrected chi connectivity index (χ2v) is 30.2. The quantitative estimate of drug-likeness (QED) is 0.0203. The number of aldehydes is 1. The number of aliphatic hydroxyl groups is 1. The van der Waals surface area contributed by atoms with Gasteiger partial charge in [-0.2, -0.15) is 5.48 Å². The molecule has 138 heavy (non-hydrogen) atoms. The molecule has 6 heterocycles. The van der Waals surface area contributed by atoms with Gasteiger partial charge in [-0.05, 0) is 222 Å². The average Bonchev–Trinajstić information content (AvgIpc) is 1.08. The highest BCUT2D eigenvalue weighted by Gasteiger charge is 2.39. The van der Waals surface area contributed by atoms with Crippen LogP contribution in [0.15, 0.2) is 40.0 Å². The van der Waals surface area contributed by atoms with E-state index in [0.717, 1.165) is 106 Å². The summed E-state index contributed by atoms with van der Waals surface area (Å²) in [7, 11) is 0.591. The molecule has 3 N–H and O–H groups in total. The lowest BCUT2D eigenvalue weighted by Gasteiger charge is -2.40. The number of carbonyl (C=O) groups is 1. The molecule has 19 unspecified atom stereocenters. The number of allylic oxidation sites excluding steroid dienone is 2. The fraction of sp³-hybridized carbons (Fsp3) is 0.951. The van der Waals surface area contributed by atoms with Crippen LogP contribution in [0.3, 0.4) is 0 Å². The van der Waals surface area contributed by atoms with E-state index in [1.165, 1.54) is 128 Å². The van der Waals surface area contributed by atoms with Crippen LogP contribution in [0.5, 0.6) is 0 Å². The Morgan fingerprint density at radius 1 is 0.370 bits per heavy atom. The maximum Gasteiger partial charge on any atom is 0.120 e. The van der Waals surface area contributed by atoms with Crippen molar-refractivity contribution in [2.75, 3.05) is 19.8 Å². The molecule has 2 saturated carbocycles. The predicted molar refractivity (Wildman–Crippen MR) is 658 cm³/mol. The third-order valence-electron chi connectivity index (χ3n) is 20.0. The molecule has 6 aliphatic heterocycles. The zero-order valence-electron chi connectivity index (χ0n) is 111. The lowest BCUT2D eigenvalue weighted by atomic mass is 9.81. The van der Waals surface area contributed by atoms with Crippen molar-refractivity contribution in [3.8, 4) is 0 Å². The van der Waals surface area contributed by atoms with Crippen molar-refractivity contribution in [3.63, 3.8) is 0 Å². The SMILES string of the molecule is C1CC2COCC2C1.C1CC2CONC2C1.C=CCCCC=NO.C=CCCCC=O.CC.CC.CC.CC.CC.CC.CC.CC.CC.CC.CC.CC.CC.CC.CC.CC.CC.CC.CC.CC.CC.CC.CC.CC(C)CCC(C)C(C)C.CC(C)CCCC(C)C.CCC1CCCC(C)O1.CCC1CCCC(C)O1.[3H]P=NC1C(C)OC(C)C(C)C1C.[3H]P=NC1C(C)OC(C)C(C)C1O. The molecule has 15 heteroatoms. The third-order valence-corrected chi connectivity index (χ3v) is 20.5. The number of hydrogen-bond donors (Lipinski definition) is 3. The maximum atomic E-state index is 9.85. The number of fused-ring (bicyclic) bond motifs is 2. The Hall–Kier alpha value is -1.50. The van der Waals surface area contributed by atoms with Crippen LogP contribution in [-0.4, -0.2) is 118 Å². The molecule has 866 valence electrons. The Balaban J connectivity index is -0.0000000437. The van der Waals surface area contributed by atoms with Gasteiger partial charge in [0.25, 0.3) is 0 Å². The maximum absolute atomic E-state index is 9.85. The van der Waals surface area contributed by atoms with E-state index in [0.29, 0.717) is 63.8 Å². The summed E-state index contributed by atoms with van der Waals surface area (Å²) in [6, 6.07) is 0.658. The molecular weight excluding hydrogens is 1740 g/mol. The highest BCUT2D eigenvalue weighted by Crippen LogP contribution is 2.37. The summed E-state index contributed by atoms with van der Waals surface area (Å²) in [5.74, 6) is 8.32. The highest BCUT2D eigenvalue weighted by atomic mass is 31.0. The minimum atomic E-state index is -0.475. The first kappa shape index (κ1) is 195. The van der Waals surface area contributed by atoms with Crippen molar-refractivity contribution in [3.05, 3.63) is 25.3 Å². The summed E-state index contributed by atoms with van der Waals surface area (Å²) in [6.07, 6.45) is 39.3. The Bertz CT molecular complexity index is 1730. The average molecular weight is 2040 g/mol. The fourth-order valence-corrected chi connectivity index (χ4v) is 13.2. The molecule has 0 bridgehead atoms. The van der Waals surface area contributed by atoms with Crippen molar-refractivity contribution in [1.82, 2.24) is 5.48 Å². The van der Waals surface area contributed by atoms with Gasteiger partial charge >= 0.3 is 0 Å². The van der Waals surface area contributed by atoms with Gasteiger partial charge in [-0.25, -0.2) is 0 Å². The molecule has 6 saturated heterocycles. The van der Waals surface area contributed by atoms with Crippen LogP contribution in [0, 0.1) is 65.1 Å². The summed E-state index contributed by atoms with van der Waals surface area (Å²) in [6.45, 7) is 146. The van der Waals surface area contributed by atoms with Gasteiger partial charge in [-0.15, -0.1) is 18.3 Å². The molecule has 2 aliphatic carbocycles. The molecule has 8 aliphatic rings. The summed E-state index contributed by atoms with van der Waals surface area (Å²) in [5, 5.41) is 20.6. The summed E-state index contributed by atoms with van der Waals surface area (Å²) in [4.78, 5) is 14.7. The van der Waals surface area contributed by atoms with Crippen molar-refractivity contribution in [2.45, 2.75) is 691 Å². The van der Waals surface area contributed by atoms with Gasteiger partial charge in [0.15, 0.2) is 0 Å². The smallest absolute Gasteiger partial charge is 0.120 e. The predicted octanol–water partition coefficient (Wildman–Crippen LogP) is 45.2. The van der Waals surface area contributed by atoms with Crippen LogP contribution in [-0.2, 0) is 33.3 Å². The van der Waals surface area contributed by atoms with Crippen LogP contribution in [0.25, 0.3) is 0 Å². The summed E-state index contributed by atoms with van der Waals surface area (Å²) in [5.41, 5.74) is 3.02. The van der Waals surface area contributed by atoms with E-state index in [9.17, 15) is 9.90 Å². The fourth-order valence-electron chi connectivity index (χ4n) is 12.5. The zero-order chi connectivity index (χ0) is 117. The number of hydrogen-bond acceptors (Lipinski definition) is 13. The Morgan fingerprint density at radius 3 is 0.971 bits per heavy atom. The standard InChI is InChI=1S/C10H22.C9H18NOP.C9H20.C8H16NO2P.2C8H16O.C7H12O.2C6H11NO.C6H10O.23C2H6/c1-8(2)6-7-10(5)9(3)4;1-5-6(2)9(10-12)8(4)11-7(5)3;1-8(2)6-5-7-9(3)4;1-4-5(2)11-6(3)7(9-12)8(4)10;2*1-3-8-6-4-5-7(2)9-8;1-2-6-4-8-5-7(6)3-1;1-2-5-4-8-7-6(5)3-1;1-2-3-4-5-6-7-8;1-2-3-4-5-6-7;23*1-2/h8-10H,6-7H2,1-5H3;5-9,12H,1-4H3;8-9H,5-7H2,1-4H3;4-8,10,12H,1-3H3;2*7-8H,3-6H2,1-2H3;6-7H,1-5H2;5-7H,1-4H2;2,6,8H,1,3-5H2;2,6H,1,3-5H2;23*1-2H3/i;12T;;12T;;;;;;;;;;;;;;;;;;;;;;;;;;;;;. The first-order chi connectivity index (χ1) is 67.7. The number of ether oxygens (including phenoxy) is 5. The molecule has 19 atom stereocenters. The number of aliphatic hydroxyl groups excluding tert-OH is 1. The van der Waals surface area contributed by atoms with Gasteiger partial charge < -0.3 is 43.6 Å². The van der Waals surface area contributed by atoms with Gasteiger partial charge in [-0.3, -0.25) is 9.49 Å². The largest absolute Gasteiger partial charge is 0.411 e. The summed E-state index contributed by atoms with van der Waals surface area (Å²) < 4.78 is 50.2. The van der Waals surface area contributed by atoms with Gasteiger partial charge in [0, 0.05) is 43.7 Å². The van der Waals surface area contributed by atoms with E-state index in [2.05, 4.69) is 151 Å². The van der Waals surface area contributed by atoms with E-state index in [-0.39, 0.29) is 45.3 Å². The molecule has 0 aromatic rings. The molecule has 13 nitrogen and oxygen atoms in total. The Kier molecular flexibility index (Phi) is 288. The van der Waals surface area contributed by atoms with Gasteiger partial charge in [-0.1, -0.05) is 473 Å². The number of rotatable bonds is 20. The van der Waals surface area contributed by atoms with E-state index in [4.69, 9.17) is 36.3 Å². The number of carbonyl (C=O) groups excluding carboxylic acids is 1. The molecule has 0 amide bonds. The number of hydroxylamine groups is 1. The van der Waals surface area contributed by atoms with Crippen LogP contribution in [0.2, 0.25) is 0 Å². The highest BCUT2D eigenvalue weighted by molar-refractivity contribution is 7.04. The van der Waals surface area contributed by atoms with Gasteiger partial charge in [0.1, 0.15) is 14.9 Å². The Labute approximate surface area is 892 Å². The monoisotopic (exact) mass is 2030 g/mol. The van der Waals surface area contributed by atoms with E-state index in [1.54, 1.807) is 0 Å². The lowest BCUT2D eigenvalue weighted by Crippen LogP contribution is -2.50. The third kappa shape index (κ3) is 160. The zero-order valence-corrected chi connectivity index (χ0v) is 111. The van der Waals surface area contributed by atoms with Crippen LogP contribution < -0.4 is 5.48 Å². The second-order valence-electron chi connectivity index (χ2n) is 29.7. The van der Waals surface area contributed by atoms with E-state index < -0.39 is 6.10 Å². The van der Waals surface area contributed by atoms with Crippen LogP contribution in [0.4, 0.5) is 0 Å². The first-order valence-corrected chi connectivity index (χ1v) is 61.3. The molecule has 0 aromatic carbocycles. The number of oxime groups is 1. The molecule has 0 radical (unpaired) electrons. The minimum Gasteiger partial charge on any atom is -0.411 e. The molecule has 0 spiro atoms. The normalized spacial score (nSPS) is 22.7. The van der Waals surface area contributed by atoms with Crippen LogP contribution in [0.1, 0.15) is 617 Å². The number of nitrogens with zero attached hydrogens (tertiary/aromatic N) is 3. The Morgan fingerprint density at radius 2 is 0.681 bits per heavy atom. The van der Waals surface area contributed by atoms with E-state index >= 15 is 0 Å². The van der Waals surface area contributed by atoms with Crippen molar-refractivity contribution in [2.24, 2.45) is 79.7 Å². The van der Waals surface area contributed by atoms with Crippen molar-refractivity contribution < 1.29 is 43.6 Å². The topological polar surface area (TPSA) is 162 Å². The van der Waals surface area contributed by atoms with Crippen molar-refractivity contribution in [1.29, 1.82) is 2.56 Å². The first-order valence-electron chi connectivity index (χ1n) is 61.4. The molecule has 0 aromatic heterocycles. The summed E-state index contributed by atoms with van der Waals surface area (Å²) >= 11 is 0. The van der Waals surface area contributed by atoms with Gasteiger partial charge in [0.05, 0.1) is 67.6 Å².